The summed E-state index contributed by atoms with van der Waals surface area (Å²) >= 11 is 0. The molecule has 1 aromatic carbocycles. The maximum Gasteiger partial charge on any atom is 0.209 e. The summed E-state index contributed by atoms with van der Waals surface area (Å²) in [4.78, 5) is 0. The van der Waals surface area contributed by atoms with Gasteiger partial charge in [0, 0.05) is 18.6 Å². The lowest BCUT2D eigenvalue weighted by Gasteiger charge is -2.14. The number of hydrogen-bond acceptors (Lipinski definition) is 1. The molecule has 0 bridgehead atoms. The minimum Gasteiger partial charge on any atom is -1.00 e. The van der Waals surface area contributed by atoms with Gasteiger partial charge in [-0.15, -0.1) is 0 Å². The molecule has 2 nitrogen and oxygen atoms in total. The second-order valence-electron chi connectivity index (χ2n) is 4.47. The lowest BCUT2D eigenvalue weighted by atomic mass is 9.82. The molecule has 0 atom stereocenters. The fourth-order valence-electron chi connectivity index (χ4n) is 2.11. The number of nitrogens with zero attached hydrogens (tertiary/aromatic N) is 1. The molecule has 0 spiro atoms. The fraction of sp³-hybridized carbons (Fsp3) is 0.417. The molecule has 0 amide bonds. The third kappa shape index (κ3) is 1.67. The largest absolute Gasteiger partial charge is 1.00 e. The molecule has 2 rings (SSSR count). The average Bonchev–Trinajstić information content (AvgIpc) is 2.29. The minimum absolute atomic E-state index is 0. The smallest absolute Gasteiger partial charge is 0.209 e. The third-order valence-electron chi connectivity index (χ3n) is 3.42. The number of phenols is 1. The molecule has 15 heavy (non-hydrogen) atoms. The highest BCUT2D eigenvalue weighted by molar-refractivity contribution is 5.93. The Morgan fingerprint density at radius 1 is 1.27 bits per heavy atom. The van der Waals surface area contributed by atoms with Gasteiger partial charge in [0.2, 0.25) is 5.69 Å². The Hall–Kier alpha value is -0.580. The standard InChI is InChI=1S/C12H15NO.HI/c1-8-12(2,3)10-7-9(14)5-6-11(10)13(8)4;/h5-7H,1-4H3;1H. The topological polar surface area (TPSA) is 23.2 Å². The van der Waals surface area contributed by atoms with E-state index in [0.717, 1.165) is 0 Å². The Morgan fingerprint density at radius 2 is 1.87 bits per heavy atom. The first kappa shape index (κ1) is 12.5. The molecule has 0 saturated carbocycles. The molecular formula is C12H16INO. The summed E-state index contributed by atoms with van der Waals surface area (Å²) in [5, 5.41) is 9.47. The van der Waals surface area contributed by atoms with Gasteiger partial charge in [-0.05, 0) is 26.0 Å². The first-order valence-corrected chi connectivity index (χ1v) is 4.86. The molecule has 0 unspecified atom stereocenters. The number of hydrogen-bond donors (Lipinski definition) is 1. The Balaban J connectivity index is 0.00000112. The highest BCUT2D eigenvalue weighted by atomic mass is 127. The van der Waals surface area contributed by atoms with E-state index >= 15 is 0 Å². The molecule has 1 aromatic rings. The maximum atomic E-state index is 9.47. The van der Waals surface area contributed by atoms with Crippen molar-refractivity contribution < 1.29 is 33.7 Å². The summed E-state index contributed by atoms with van der Waals surface area (Å²) in [6.07, 6.45) is 0. The van der Waals surface area contributed by atoms with Crippen molar-refractivity contribution in [1.29, 1.82) is 0 Å². The van der Waals surface area contributed by atoms with Gasteiger partial charge in [0.1, 0.15) is 12.8 Å². The van der Waals surface area contributed by atoms with Crippen LogP contribution in [0, 0.1) is 0 Å². The van der Waals surface area contributed by atoms with Crippen LogP contribution in [0.3, 0.4) is 0 Å². The predicted octanol–water partition coefficient (Wildman–Crippen LogP) is -0.578. The van der Waals surface area contributed by atoms with E-state index in [9.17, 15) is 5.11 Å². The van der Waals surface area contributed by atoms with Crippen molar-refractivity contribution in [2.24, 2.45) is 0 Å². The van der Waals surface area contributed by atoms with Crippen molar-refractivity contribution in [3.63, 3.8) is 0 Å². The number of halogens is 1. The Morgan fingerprint density at radius 3 is 2.47 bits per heavy atom. The number of rotatable bonds is 0. The van der Waals surface area contributed by atoms with Gasteiger partial charge in [-0.2, -0.15) is 0 Å². The summed E-state index contributed by atoms with van der Waals surface area (Å²) in [6.45, 7) is 6.51. The highest BCUT2D eigenvalue weighted by Crippen LogP contribution is 2.40. The predicted molar refractivity (Wildman–Crippen MR) is 57.7 cm³/mol. The fourth-order valence-corrected chi connectivity index (χ4v) is 2.11. The first-order chi connectivity index (χ1) is 6.44. The Kier molecular flexibility index (Phi) is 3.14. The number of benzene rings is 1. The molecule has 0 radical (unpaired) electrons. The summed E-state index contributed by atoms with van der Waals surface area (Å²) in [7, 11) is 2.07. The van der Waals surface area contributed by atoms with Crippen molar-refractivity contribution >= 4 is 11.4 Å². The lowest BCUT2D eigenvalue weighted by Crippen LogP contribution is -3.00. The van der Waals surface area contributed by atoms with Crippen LogP contribution in [0.1, 0.15) is 26.3 Å². The van der Waals surface area contributed by atoms with E-state index in [4.69, 9.17) is 0 Å². The van der Waals surface area contributed by atoms with Gasteiger partial charge < -0.3 is 29.1 Å². The van der Waals surface area contributed by atoms with Crippen LogP contribution in [-0.2, 0) is 5.41 Å². The van der Waals surface area contributed by atoms with Crippen LogP contribution in [0.4, 0.5) is 5.69 Å². The quantitative estimate of drug-likeness (QED) is 0.502. The van der Waals surface area contributed by atoms with Crippen molar-refractivity contribution in [2.75, 3.05) is 7.05 Å². The highest BCUT2D eigenvalue weighted by Gasteiger charge is 2.41. The van der Waals surface area contributed by atoms with Gasteiger partial charge >= 0.3 is 0 Å². The molecule has 1 heterocycles. The first-order valence-electron chi connectivity index (χ1n) is 4.86. The van der Waals surface area contributed by atoms with Crippen molar-refractivity contribution in [2.45, 2.75) is 26.2 Å². The van der Waals surface area contributed by atoms with Crippen molar-refractivity contribution in [3.05, 3.63) is 23.8 Å². The maximum absolute atomic E-state index is 9.47. The van der Waals surface area contributed by atoms with Crippen LogP contribution in [-0.4, -0.2) is 22.4 Å². The molecule has 1 aliphatic heterocycles. The SMILES string of the molecule is CC1=[N+](C)c2ccc(O)cc2C1(C)C.[I-]. The average molecular weight is 317 g/mol. The third-order valence-corrected chi connectivity index (χ3v) is 3.42. The molecule has 0 fully saturated rings. The van der Waals surface area contributed by atoms with Gasteiger partial charge in [0.05, 0.1) is 5.41 Å². The molecule has 0 aromatic heterocycles. The molecular weight excluding hydrogens is 301 g/mol. The summed E-state index contributed by atoms with van der Waals surface area (Å²) in [5.74, 6) is 0.347. The number of aromatic hydroxyl groups is 1. The van der Waals surface area contributed by atoms with Crippen molar-refractivity contribution in [1.82, 2.24) is 0 Å². The van der Waals surface area contributed by atoms with Gasteiger partial charge in [-0.25, -0.2) is 4.58 Å². The molecule has 3 heteroatoms. The summed E-state index contributed by atoms with van der Waals surface area (Å²) in [6, 6.07) is 5.58. The van der Waals surface area contributed by atoms with E-state index in [-0.39, 0.29) is 29.4 Å². The molecule has 1 aliphatic rings. The lowest BCUT2D eigenvalue weighted by molar-refractivity contribution is -0.403. The van der Waals surface area contributed by atoms with Gasteiger partial charge in [-0.1, -0.05) is 0 Å². The normalized spacial score (nSPS) is 17.3. The van der Waals surface area contributed by atoms with Crippen LogP contribution in [0.2, 0.25) is 0 Å². The zero-order valence-corrected chi connectivity index (χ0v) is 11.7. The van der Waals surface area contributed by atoms with E-state index in [1.165, 1.54) is 17.0 Å². The van der Waals surface area contributed by atoms with Crippen LogP contribution >= 0.6 is 0 Å². The van der Waals surface area contributed by atoms with E-state index in [1.807, 2.05) is 12.1 Å². The van der Waals surface area contributed by atoms with Crippen molar-refractivity contribution in [3.8, 4) is 5.75 Å². The molecule has 1 N–H and O–H groups in total. The number of fused-ring (bicyclic) bond motifs is 1. The Labute approximate surface area is 108 Å². The van der Waals surface area contributed by atoms with E-state index in [0.29, 0.717) is 5.75 Å². The summed E-state index contributed by atoms with van der Waals surface area (Å²) in [5.41, 5.74) is 3.75. The Bertz CT molecular complexity index is 435. The van der Waals surface area contributed by atoms with E-state index in [2.05, 4.69) is 32.4 Å². The van der Waals surface area contributed by atoms with Gasteiger partial charge in [-0.3, -0.25) is 0 Å². The second kappa shape index (κ2) is 3.77. The zero-order valence-electron chi connectivity index (χ0n) is 9.50. The van der Waals surface area contributed by atoms with Crippen LogP contribution in [0.5, 0.6) is 5.75 Å². The van der Waals surface area contributed by atoms with Gasteiger partial charge in [0.15, 0.2) is 5.71 Å². The minimum atomic E-state index is 0. The molecule has 0 saturated heterocycles. The molecule has 82 valence electrons. The zero-order chi connectivity index (χ0) is 10.5. The second-order valence-corrected chi connectivity index (χ2v) is 4.47. The molecule has 0 aliphatic carbocycles. The van der Waals surface area contributed by atoms with Gasteiger partial charge in [0.25, 0.3) is 0 Å². The van der Waals surface area contributed by atoms with Crippen LogP contribution in [0.15, 0.2) is 18.2 Å². The van der Waals surface area contributed by atoms with Crippen LogP contribution in [0.25, 0.3) is 0 Å². The van der Waals surface area contributed by atoms with E-state index < -0.39 is 0 Å². The monoisotopic (exact) mass is 317 g/mol. The van der Waals surface area contributed by atoms with Crippen LogP contribution < -0.4 is 24.0 Å². The number of phenolic OH excluding ortho intramolecular Hbond substituents is 1. The van der Waals surface area contributed by atoms with E-state index in [1.54, 1.807) is 6.07 Å². The summed E-state index contributed by atoms with van der Waals surface area (Å²) < 4.78 is 2.19.